The van der Waals surface area contributed by atoms with Crippen molar-refractivity contribution in [3.8, 4) is 0 Å². The van der Waals surface area contributed by atoms with Gasteiger partial charge in [0.2, 0.25) is 5.91 Å². The molecule has 6 nitrogen and oxygen atoms in total. The summed E-state index contributed by atoms with van der Waals surface area (Å²) in [6, 6.07) is 6.92. The molecule has 1 aromatic carbocycles. The second-order valence-corrected chi connectivity index (χ2v) is 7.63. The molecule has 1 aliphatic rings. The number of carbonyl (C=O) groups is 3. The summed E-state index contributed by atoms with van der Waals surface area (Å²) in [5.74, 6) is -0.749. The van der Waals surface area contributed by atoms with Gasteiger partial charge in [0.1, 0.15) is 0 Å². The normalized spacial score (nSPS) is 17.5. The highest BCUT2D eigenvalue weighted by Crippen LogP contribution is 2.22. The molecule has 1 aromatic rings. The second-order valence-electron chi connectivity index (χ2n) is 7.63. The van der Waals surface area contributed by atoms with Gasteiger partial charge < -0.3 is 15.0 Å². The number of anilines is 1. The number of amides is 2. The average Bonchev–Trinajstić information content (AvgIpc) is 2.61. The van der Waals surface area contributed by atoms with Crippen molar-refractivity contribution >= 4 is 23.5 Å². The van der Waals surface area contributed by atoms with Gasteiger partial charge in [-0.1, -0.05) is 26.8 Å². The summed E-state index contributed by atoms with van der Waals surface area (Å²) >= 11 is 0. The summed E-state index contributed by atoms with van der Waals surface area (Å²) in [5, 5.41) is 2.84. The molecule has 2 amide bonds. The first-order valence-corrected chi connectivity index (χ1v) is 9.09. The summed E-state index contributed by atoms with van der Waals surface area (Å²) in [6.07, 6.45) is 1.51. The topological polar surface area (TPSA) is 75.7 Å². The van der Waals surface area contributed by atoms with Crippen LogP contribution in [-0.4, -0.2) is 42.4 Å². The highest BCUT2D eigenvalue weighted by atomic mass is 16.5. The molecule has 6 heteroatoms. The van der Waals surface area contributed by atoms with Crippen LogP contribution in [0, 0.1) is 11.3 Å². The van der Waals surface area contributed by atoms with Gasteiger partial charge in [-0.2, -0.15) is 0 Å². The minimum Gasteiger partial charge on any atom is -0.466 e. The Morgan fingerprint density at radius 1 is 1.27 bits per heavy atom. The highest BCUT2D eigenvalue weighted by molar-refractivity contribution is 5.98. The summed E-state index contributed by atoms with van der Waals surface area (Å²) < 4.78 is 5.09. The number of hydrogen-bond acceptors (Lipinski definition) is 4. The largest absolute Gasteiger partial charge is 0.466 e. The van der Waals surface area contributed by atoms with Crippen molar-refractivity contribution in [3.63, 3.8) is 0 Å². The van der Waals surface area contributed by atoms with E-state index >= 15 is 0 Å². The predicted molar refractivity (Wildman–Crippen MR) is 99.8 cm³/mol. The van der Waals surface area contributed by atoms with Crippen LogP contribution >= 0.6 is 0 Å². The van der Waals surface area contributed by atoms with Crippen LogP contribution in [0.4, 0.5) is 5.69 Å². The Morgan fingerprint density at radius 3 is 2.65 bits per heavy atom. The second kappa shape index (κ2) is 8.34. The van der Waals surface area contributed by atoms with E-state index in [1.807, 2.05) is 20.8 Å². The van der Waals surface area contributed by atoms with Crippen molar-refractivity contribution in [3.05, 3.63) is 29.8 Å². The van der Waals surface area contributed by atoms with Gasteiger partial charge in [0.25, 0.3) is 5.91 Å². The van der Waals surface area contributed by atoms with Crippen molar-refractivity contribution in [2.24, 2.45) is 11.3 Å². The summed E-state index contributed by atoms with van der Waals surface area (Å²) in [4.78, 5) is 38.6. The first kappa shape index (κ1) is 19.9. The Labute approximate surface area is 154 Å². The molecule has 1 fully saturated rings. The van der Waals surface area contributed by atoms with Crippen molar-refractivity contribution in [1.82, 2.24) is 4.90 Å². The third-order valence-corrected chi connectivity index (χ3v) is 4.38. The third-order valence-electron chi connectivity index (χ3n) is 4.38. The fourth-order valence-electron chi connectivity index (χ4n) is 2.85. The maximum atomic E-state index is 12.8. The first-order chi connectivity index (χ1) is 12.2. The molecule has 2 rings (SSSR count). The van der Waals surface area contributed by atoms with Crippen LogP contribution < -0.4 is 5.32 Å². The van der Waals surface area contributed by atoms with E-state index in [9.17, 15) is 14.4 Å². The van der Waals surface area contributed by atoms with E-state index in [2.05, 4.69) is 5.32 Å². The quantitative estimate of drug-likeness (QED) is 0.837. The monoisotopic (exact) mass is 360 g/mol. The number of rotatable bonds is 4. The number of nitrogens with one attached hydrogen (secondary N) is 1. The van der Waals surface area contributed by atoms with E-state index < -0.39 is 5.41 Å². The molecular weight excluding hydrogens is 332 g/mol. The van der Waals surface area contributed by atoms with Crippen molar-refractivity contribution in [1.29, 1.82) is 0 Å². The van der Waals surface area contributed by atoms with Crippen LogP contribution in [-0.2, 0) is 14.3 Å². The zero-order valence-corrected chi connectivity index (χ0v) is 16.0. The van der Waals surface area contributed by atoms with E-state index in [1.54, 1.807) is 36.1 Å². The van der Waals surface area contributed by atoms with Crippen LogP contribution in [0.2, 0.25) is 0 Å². The van der Waals surface area contributed by atoms with Crippen LogP contribution in [0.3, 0.4) is 0 Å². The number of esters is 1. The zero-order chi connectivity index (χ0) is 19.3. The Kier molecular flexibility index (Phi) is 6.40. The van der Waals surface area contributed by atoms with Crippen LogP contribution in [0.15, 0.2) is 24.3 Å². The number of hydrogen-bond donors (Lipinski definition) is 1. The van der Waals surface area contributed by atoms with Gasteiger partial charge in [-0.25, -0.2) is 0 Å². The molecular formula is C20H28N2O4. The lowest BCUT2D eigenvalue weighted by atomic mass is 9.95. The van der Waals surface area contributed by atoms with E-state index in [1.165, 1.54) is 0 Å². The summed E-state index contributed by atoms with van der Waals surface area (Å²) in [6.45, 7) is 8.62. The molecule has 1 aliphatic heterocycles. The van der Waals surface area contributed by atoms with E-state index in [4.69, 9.17) is 4.74 Å². The molecule has 26 heavy (non-hydrogen) atoms. The number of nitrogens with zero attached hydrogens (tertiary/aromatic N) is 1. The summed E-state index contributed by atoms with van der Waals surface area (Å²) in [7, 11) is 0. The standard InChI is InChI=1S/C20H28N2O4/c1-5-26-18(24)15-9-7-11-22(13-15)17(23)14-8-6-10-16(12-14)21-19(25)20(2,3)4/h6,8,10,12,15H,5,7,9,11,13H2,1-4H3,(H,21,25). The molecule has 0 bridgehead atoms. The maximum Gasteiger partial charge on any atom is 0.310 e. The molecule has 0 spiro atoms. The molecule has 142 valence electrons. The Bertz CT molecular complexity index is 679. The molecule has 1 saturated heterocycles. The van der Waals surface area contributed by atoms with Crippen molar-refractivity contribution in [2.75, 3.05) is 25.0 Å². The molecule has 0 aromatic heterocycles. The number of benzene rings is 1. The molecule has 0 saturated carbocycles. The van der Waals surface area contributed by atoms with E-state index in [0.717, 1.165) is 12.8 Å². The molecule has 1 heterocycles. The fraction of sp³-hybridized carbons (Fsp3) is 0.550. The van der Waals surface area contributed by atoms with Gasteiger partial charge in [0, 0.05) is 29.8 Å². The maximum absolute atomic E-state index is 12.8. The van der Waals surface area contributed by atoms with Gasteiger partial charge >= 0.3 is 5.97 Å². The van der Waals surface area contributed by atoms with Gasteiger partial charge in [0.05, 0.1) is 12.5 Å². The van der Waals surface area contributed by atoms with Gasteiger partial charge in [-0.15, -0.1) is 0 Å². The SMILES string of the molecule is CCOC(=O)C1CCCN(C(=O)c2cccc(NC(=O)C(C)(C)C)c2)C1. The first-order valence-electron chi connectivity index (χ1n) is 9.09. The number of likely N-dealkylation sites (tertiary alicyclic amines) is 1. The molecule has 0 aliphatic carbocycles. The van der Waals surface area contributed by atoms with Crippen LogP contribution in [0.1, 0.15) is 50.9 Å². The molecule has 1 unspecified atom stereocenters. The Hall–Kier alpha value is -2.37. The van der Waals surface area contributed by atoms with Gasteiger partial charge in [0.15, 0.2) is 0 Å². The number of piperidine rings is 1. The fourth-order valence-corrected chi connectivity index (χ4v) is 2.85. The van der Waals surface area contributed by atoms with Crippen LogP contribution in [0.25, 0.3) is 0 Å². The lowest BCUT2D eigenvalue weighted by molar-refractivity contribution is -0.149. The molecule has 1 N–H and O–H groups in total. The van der Waals surface area contributed by atoms with Gasteiger partial charge in [-0.3, -0.25) is 14.4 Å². The molecule has 1 atom stereocenters. The van der Waals surface area contributed by atoms with Crippen LogP contribution in [0.5, 0.6) is 0 Å². The van der Waals surface area contributed by atoms with Gasteiger partial charge in [-0.05, 0) is 38.0 Å². The average molecular weight is 360 g/mol. The van der Waals surface area contributed by atoms with E-state index in [0.29, 0.717) is 30.9 Å². The Morgan fingerprint density at radius 2 is 2.00 bits per heavy atom. The van der Waals surface area contributed by atoms with Crippen molar-refractivity contribution in [2.45, 2.75) is 40.5 Å². The lowest BCUT2D eigenvalue weighted by Gasteiger charge is -2.31. The predicted octanol–water partition coefficient (Wildman–Crippen LogP) is 3.09. The molecule has 0 radical (unpaired) electrons. The highest BCUT2D eigenvalue weighted by Gasteiger charge is 2.30. The van der Waals surface area contributed by atoms with E-state index in [-0.39, 0.29) is 23.7 Å². The zero-order valence-electron chi connectivity index (χ0n) is 16.0. The smallest absolute Gasteiger partial charge is 0.310 e. The number of carbonyl (C=O) groups excluding carboxylic acids is 3. The lowest BCUT2D eigenvalue weighted by Crippen LogP contribution is -2.42. The number of ether oxygens (including phenoxy) is 1. The minimum atomic E-state index is -0.514. The minimum absolute atomic E-state index is 0.109. The summed E-state index contributed by atoms with van der Waals surface area (Å²) in [5.41, 5.74) is 0.579. The third kappa shape index (κ3) is 5.07. The van der Waals surface area contributed by atoms with Crippen molar-refractivity contribution < 1.29 is 19.1 Å². The Balaban J connectivity index is 2.08.